The average Bonchev–Trinajstić information content (AvgIpc) is 2.46. The molecular weight excluding hydrogens is 388 g/mol. The minimum Gasteiger partial charge on any atom is -0.449 e. The van der Waals surface area contributed by atoms with E-state index in [0.29, 0.717) is 4.47 Å². The minimum absolute atomic E-state index is 0.0190. The Morgan fingerprint density at radius 2 is 1.83 bits per heavy atom. The molecule has 7 nitrogen and oxygen atoms in total. The van der Waals surface area contributed by atoms with Crippen LogP contribution >= 0.6 is 15.9 Å². The van der Waals surface area contributed by atoms with Crippen LogP contribution in [0.1, 0.15) is 31.1 Å². The molecule has 0 unspecified atom stereocenters. The second-order valence-electron chi connectivity index (χ2n) is 5.06. The fraction of sp³-hybridized carbons (Fsp3) is 0.429. The Bertz CT molecular complexity index is 703. The molecule has 1 atom stereocenters. The molecule has 0 heterocycles. The van der Waals surface area contributed by atoms with Gasteiger partial charge in [-0.15, -0.1) is 0 Å². The number of ether oxygens (including phenoxy) is 1. The number of halogens is 1. The van der Waals surface area contributed by atoms with E-state index in [9.17, 15) is 18.0 Å². The van der Waals surface area contributed by atoms with Gasteiger partial charge in [-0.2, -0.15) is 0 Å². The number of nitrogens with one attached hydrogen (secondary N) is 2. The summed E-state index contributed by atoms with van der Waals surface area (Å²) in [6, 6.07) is 3.88. The molecular formula is C14H19BrN2O5S. The summed E-state index contributed by atoms with van der Waals surface area (Å²) >= 11 is 3.17. The summed E-state index contributed by atoms with van der Waals surface area (Å²) in [6.07, 6.45) is -0.999. The van der Waals surface area contributed by atoms with Crippen molar-refractivity contribution in [2.45, 2.75) is 37.8 Å². The summed E-state index contributed by atoms with van der Waals surface area (Å²) in [4.78, 5) is 23.9. The Morgan fingerprint density at radius 1 is 1.22 bits per heavy atom. The summed E-state index contributed by atoms with van der Waals surface area (Å²) in [5, 5.41) is 2.62. The highest BCUT2D eigenvalue weighted by Crippen LogP contribution is 2.22. The standard InChI is InChI=1S/C14H19BrN2O5S/c1-8(2)17-13(18)9(3)22-14(19)11-7-10(5-6-12(11)15)23(20,21)16-4/h5-9,16H,1-4H3,(H,17,18)/t9-/m1/s1. The molecule has 0 aliphatic carbocycles. The fourth-order valence-electron chi connectivity index (χ4n) is 1.63. The number of hydrogen-bond donors (Lipinski definition) is 2. The van der Waals surface area contributed by atoms with Crippen molar-refractivity contribution in [1.82, 2.24) is 10.0 Å². The van der Waals surface area contributed by atoms with Crippen LogP contribution in [0.25, 0.3) is 0 Å². The molecule has 0 saturated carbocycles. The monoisotopic (exact) mass is 406 g/mol. The molecule has 0 aliphatic heterocycles. The number of carbonyl (C=O) groups excluding carboxylic acids is 2. The summed E-state index contributed by atoms with van der Waals surface area (Å²) in [5.74, 6) is -1.22. The Labute approximate surface area is 144 Å². The van der Waals surface area contributed by atoms with Crippen molar-refractivity contribution in [3.63, 3.8) is 0 Å². The number of esters is 1. The lowest BCUT2D eigenvalue weighted by Gasteiger charge is -2.16. The van der Waals surface area contributed by atoms with Gasteiger partial charge >= 0.3 is 5.97 Å². The van der Waals surface area contributed by atoms with Crippen molar-refractivity contribution >= 4 is 37.8 Å². The zero-order valence-electron chi connectivity index (χ0n) is 13.2. The van der Waals surface area contributed by atoms with E-state index in [1.165, 1.54) is 32.2 Å². The molecule has 1 amide bonds. The second kappa shape index (κ2) is 7.89. The highest BCUT2D eigenvalue weighted by atomic mass is 79.9. The van der Waals surface area contributed by atoms with Crippen molar-refractivity contribution in [3.8, 4) is 0 Å². The van der Waals surface area contributed by atoms with E-state index >= 15 is 0 Å². The van der Waals surface area contributed by atoms with Gasteiger partial charge in [0, 0.05) is 10.5 Å². The molecule has 9 heteroatoms. The van der Waals surface area contributed by atoms with Crippen molar-refractivity contribution in [2.75, 3.05) is 7.05 Å². The van der Waals surface area contributed by atoms with Gasteiger partial charge < -0.3 is 10.1 Å². The van der Waals surface area contributed by atoms with Crippen molar-refractivity contribution < 1.29 is 22.7 Å². The van der Waals surface area contributed by atoms with E-state index < -0.39 is 28.0 Å². The van der Waals surface area contributed by atoms with Crippen LogP contribution in [0.4, 0.5) is 0 Å². The largest absolute Gasteiger partial charge is 0.449 e. The molecule has 1 rings (SSSR count). The molecule has 0 aliphatic rings. The molecule has 2 N–H and O–H groups in total. The smallest absolute Gasteiger partial charge is 0.340 e. The molecule has 128 valence electrons. The van der Waals surface area contributed by atoms with Crippen LogP contribution < -0.4 is 10.0 Å². The number of hydrogen-bond acceptors (Lipinski definition) is 5. The molecule has 0 saturated heterocycles. The van der Waals surface area contributed by atoms with Crippen LogP contribution in [-0.4, -0.2) is 39.5 Å². The van der Waals surface area contributed by atoms with E-state index in [1.54, 1.807) is 13.8 Å². The van der Waals surface area contributed by atoms with Crippen molar-refractivity contribution in [2.24, 2.45) is 0 Å². The first-order valence-electron chi connectivity index (χ1n) is 6.83. The number of sulfonamides is 1. The van der Waals surface area contributed by atoms with Gasteiger partial charge in [-0.3, -0.25) is 4.79 Å². The lowest BCUT2D eigenvalue weighted by Crippen LogP contribution is -2.39. The van der Waals surface area contributed by atoms with Gasteiger partial charge in [-0.05, 0) is 61.9 Å². The van der Waals surface area contributed by atoms with E-state index in [-0.39, 0.29) is 16.5 Å². The minimum atomic E-state index is -3.69. The Hall–Kier alpha value is -1.45. The number of benzene rings is 1. The Kier molecular flexibility index (Phi) is 6.72. The fourth-order valence-corrected chi connectivity index (χ4v) is 2.79. The number of carbonyl (C=O) groups is 2. The third kappa shape index (κ3) is 5.29. The van der Waals surface area contributed by atoms with E-state index in [0.717, 1.165) is 0 Å². The molecule has 1 aromatic rings. The summed E-state index contributed by atoms with van der Waals surface area (Å²) in [6.45, 7) is 5.02. The summed E-state index contributed by atoms with van der Waals surface area (Å²) in [7, 11) is -2.42. The summed E-state index contributed by atoms with van der Waals surface area (Å²) in [5.41, 5.74) is 0.0190. The van der Waals surface area contributed by atoms with Gasteiger partial charge in [0.25, 0.3) is 5.91 Å². The zero-order valence-corrected chi connectivity index (χ0v) is 15.6. The molecule has 0 aromatic heterocycles. The Balaban J connectivity index is 3.00. The molecule has 0 radical (unpaired) electrons. The van der Waals surface area contributed by atoms with Crippen LogP contribution in [0.3, 0.4) is 0 Å². The number of amides is 1. The van der Waals surface area contributed by atoms with Crippen LogP contribution in [-0.2, 0) is 19.6 Å². The first-order valence-corrected chi connectivity index (χ1v) is 9.10. The van der Waals surface area contributed by atoms with Gasteiger partial charge in [-0.25, -0.2) is 17.9 Å². The van der Waals surface area contributed by atoms with Crippen LogP contribution in [0.2, 0.25) is 0 Å². The number of rotatable bonds is 6. The maximum atomic E-state index is 12.2. The summed E-state index contributed by atoms with van der Waals surface area (Å²) < 4.78 is 31.2. The van der Waals surface area contributed by atoms with Gasteiger partial charge in [0.1, 0.15) is 0 Å². The van der Waals surface area contributed by atoms with E-state index in [1.807, 2.05) is 0 Å². The highest BCUT2D eigenvalue weighted by Gasteiger charge is 2.22. The quantitative estimate of drug-likeness (QED) is 0.695. The van der Waals surface area contributed by atoms with Crippen LogP contribution in [0.15, 0.2) is 27.6 Å². The Morgan fingerprint density at radius 3 is 2.35 bits per heavy atom. The zero-order chi connectivity index (χ0) is 17.8. The third-order valence-corrected chi connectivity index (χ3v) is 4.92. The van der Waals surface area contributed by atoms with Gasteiger partial charge in [0.2, 0.25) is 10.0 Å². The third-order valence-electron chi connectivity index (χ3n) is 2.82. The van der Waals surface area contributed by atoms with E-state index in [4.69, 9.17) is 4.74 Å². The SMILES string of the molecule is CNS(=O)(=O)c1ccc(Br)c(C(=O)O[C@H](C)C(=O)NC(C)C)c1. The van der Waals surface area contributed by atoms with Crippen molar-refractivity contribution in [3.05, 3.63) is 28.2 Å². The normalized spacial score (nSPS) is 12.8. The first kappa shape index (κ1) is 19.6. The molecule has 23 heavy (non-hydrogen) atoms. The van der Waals surface area contributed by atoms with Crippen LogP contribution in [0, 0.1) is 0 Å². The predicted molar refractivity (Wildman–Crippen MR) is 88.5 cm³/mol. The van der Waals surface area contributed by atoms with Gasteiger partial charge in [-0.1, -0.05) is 0 Å². The maximum Gasteiger partial charge on any atom is 0.340 e. The second-order valence-corrected chi connectivity index (χ2v) is 7.80. The van der Waals surface area contributed by atoms with Gasteiger partial charge in [0.15, 0.2) is 6.10 Å². The topological polar surface area (TPSA) is 102 Å². The highest BCUT2D eigenvalue weighted by molar-refractivity contribution is 9.10. The van der Waals surface area contributed by atoms with Gasteiger partial charge in [0.05, 0.1) is 10.5 Å². The maximum absolute atomic E-state index is 12.2. The predicted octanol–water partition coefficient (Wildman–Crippen LogP) is 1.43. The van der Waals surface area contributed by atoms with Crippen LogP contribution in [0.5, 0.6) is 0 Å². The lowest BCUT2D eigenvalue weighted by molar-refractivity contribution is -0.129. The molecule has 0 bridgehead atoms. The van der Waals surface area contributed by atoms with E-state index in [2.05, 4.69) is 26.0 Å². The molecule has 1 aromatic carbocycles. The van der Waals surface area contributed by atoms with Crippen molar-refractivity contribution in [1.29, 1.82) is 0 Å². The lowest BCUT2D eigenvalue weighted by atomic mass is 10.2. The molecule has 0 fully saturated rings. The first-order chi connectivity index (χ1) is 10.6. The average molecular weight is 407 g/mol. The molecule has 0 spiro atoms.